The van der Waals surface area contributed by atoms with Gasteiger partial charge in [-0.3, -0.25) is 9.59 Å². The van der Waals surface area contributed by atoms with Crippen LogP contribution in [0.2, 0.25) is 0 Å². The van der Waals surface area contributed by atoms with Crippen molar-refractivity contribution in [3.8, 4) is 0 Å². The molecule has 0 radical (unpaired) electrons. The number of amides is 2. The van der Waals surface area contributed by atoms with Crippen LogP contribution in [0.1, 0.15) is 25.7 Å². The summed E-state index contributed by atoms with van der Waals surface area (Å²) in [6.45, 7) is 3.59. The standard InChI is InChI=1S/C14H25N3O3/c1-15-7-9-16(10-8-15)13(19)14(20)17-6-3-2-4-12(17)5-11-18/h12,18H,2-11H2,1H3. The average molecular weight is 283 g/mol. The second-order valence-corrected chi connectivity index (χ2v) is 5.76. The van der Waals surface area contributed by atoms with Crippen LogP contribution in [0.15, 0.2) is 0 Å². The van der Waals surface area contributed by atoms with Crippen LogP contribution in [0.3, 0.4) is 0 Å². The van der Waals surface area contributed by atoms with Crippen LogP contribution in [-0.2, 0) is 9.59 Å². The smallest absolute Gasteiger partial charge is 0.312 e. The van der Waals surface area contributed by atoms with E-state index in [0.717, 1.165) is 32.4 Å². The molecule has 1 unspecified atom stereocenters. The molecule has 2 aliphatic heterocycles. The second kappa shape index (κ2) is 7.04. The Labute approximate surface area is 120 Å². The Morgan fingerprint density at radius 3 is 2.40 bits per heavy atom. The summed E-state index contributed by atoms with van der Waals surface area (Å²) < 4.78 is 0. The zero-order valence-corrected chi connectivity index (χ0v) is 12.3. The molecule has 2 saturated heterocycles. The van der Waals surface area contributed by atoms with Gasteiger partial charge in [0.2, 0.25) is 0 Å². The van der Waals surface area contributed by atoms with Crippen molar-refractivity contribution in [1.82, 2.24) is 14.7 Å². The largest absolute Gasteiger partial charge is 0.396 e. The van der Waals surface area contributed by atoms with Crippen molar-refractivity contribution < 1.29 is 14.7 Å². The highest BCUT2D eigenvalue weighted by Crippen LogP contribution is 2.20. The summed E-state index contributed by atoms with van der Waals surface area (Å²) in [6, 6.07) is 0.0256. The molecule has 0 aromatic carbocycles. The Balaban J connectivity index is 1.96. The number of piperazine rings is 1. The third-order valence-electron chi connectivity index (χ3n) is 4.32. The molecule has 1 N–H and O–H groups in total. The van der Waals surface area contributed by atoms with Crippen molar-refractivity contribution in [2.75, 3.05) is 46.4 Å². The maximum atomic E-state index is 12.4. The molecule has 0 aliphatic carbocycles. The summed E-state index contributed by atoms with van der Waals surface area (Å²) in [5.41, 5.74) is 0. The van der Waals surface area contributed by atoms with E-state index in [0.29, 0.717) is 26.1 Å². The van der Waals surface area contributed by atoms with Crippen LogP contribution in [0.4, 0.5) is 0 Å². The van der Waals surface area contributed by atoms with Gasteiger partial charge < -0.3 is 19.8 Å². The first-order chi connectivity index (χ1) is 9.63. The number of piperidine rings is 1. The normalized spacial score (nSPS) is 24.8. The van der Waals surface area contributed by atoms with E-state index in [9.17, 15) is 9.59 Å². The fraction of sp³-hybridized carbons (Fsp3) is 0.857. The van der Waals surface area contributed by atoms with Crippen LogP contribution < -0.4 is 0 Å². The third kappa shape index (κ3) is 3.49. The number of rotatable bonds is 2. The Bertz CT molecular complexity index is 352. The molecule has 0 aromatic heterocycles. The maximum absolute atomic E-state index is 12.4. The van der Waals surface area contributed by atoms with Gasteiger partial charge >= 0.3 is 11.8 Å². The molecular weight excluding hydrogens is 258 g/mol. The number of aliphatic hydroxyl groups excluding tert-OH is 1. The summed E-state index contributed by atoms with van der Waals surface area (Å²) in [7, 11) is 2.02. The van der Waals surface area contributed by atoms with Crippen LogP contribution in [0, 0.1) is 0 Å². The zero-order valence-electron chi connectivity index (χ0n) is 12.3. The van der Waals surface area contributed by atoms with Gasteiger partial charge in [0.05, 0.1) is 0 Å². The predicted molar refractivity (Wildman–Crippen MR) is 75.1 cm³/mol. The van der Waals surface area contributed by atoms with E-state index < -0.39 is 0 Å². The number of likely N-dealkylation sites (N-methyl/N-ethyl adjacent to an activating group) is 1. The van der Waals surface area contributed by atoms with Gasteiger partial charge in [0, 0.05) is 45.4 Å². The molecule has 2 heterocycles. The van der Waals surface area contributed by atoms with Gasteiger partial charge in [-0.25, -0.2) is 0 Å². The minimum atomic E-state index is -0.382. The van der Waals surface area contributed by atoms with E-state index in [4.69, 9.17) is 5.11 Å². The van der Waals surface area contributed by atoms with Crippen LogP contribution in [0.5, 0.6) is 0 Å². The van der Waals surface area contributed by atoms with Crippen molar-refractivity contribution in [1.29, 1.82) is 0 Å². The Kier molecular flexibility index (Phi) is 5.37. The molecule has 0 saturated carbocycles. The lowest BCUT2D eigenvalue weighted by molar-refractivity contribution is -0.155. The number of aliphatic hydroxyl groups is 1. The molecule has 114 valence electrons. The number of likely N-dealkylation sites (tertiary alicyclic amines) is 1. The fourth-order valence-electron chi connectivity index (χ4n) is 2.98. The number of nitrogens with zero attached hydrogens (tertiary/aromatic N) is 3. The quantitative estimate of drug-likeness (QED) is 0.696. The van der Waals surface area contributed by atoms with E-state index in [-0.39, 0.29) is 24.5 Å². The lowest BCUT2D eigenvalue weighted by Crippen LogP contribution is -2.55. The summed E-state index contributed by atoms with van der Waals surface area (Å²) in [4.78, 5) is 30.2. The van der Waals surface area contributed by atoms with Gasteiger partial charge in [0.15, 0.2) is 0 Å². The van der Waals surface area contributed by atoms with Crippen LogP contribution in [-0.4, -0.2) is 84.0 Å². The molecule has 0 spiro atoms. The number of hydrogen-bond donors (Lipinski definition) is 1. The number of carbonyl (C=O) groups is 2. The highest BCUT2D eigenvalue weighted by molar-refractivity contribution is 6.35. The van der Waals surface area contributed by atoms with Gasteiger partial charge in [0.1, 0.15) is 0 Å². The van der Waals surface area contributed by atoms with Gasteiger partial charge in [-0.2, -0.15) is 0 Å². The topological polar surface area (TPSA) is 64.1 Å². The molecule has 2 aliphatic rings. The minimum Gasteiger partial charge on any atom is -0.396 e. The summed E-state index contributed by atoms with van der Waals surface area (Å²) in [5, 5.41) is 9.10. The monoisotopic (exact) mass is 283 g/mol. The Hall–Kier alpha value is -1.14. The molecule has 1 atom stereocenters. The van der Waals surface area contributed by atoms with E-state index in [1.54, 1.807) is 9.80 Å². The van der Waals surface area contributed by atoms with Crippen molar-refractivity contribution in [2.45, 2.75) is 31.7 Å². The summed E-state index contributed by atoms with van der Waals surface area (Å²) in [6.07, 6.45) is 3.48. The predicted octanol–water partition coefficient (Wildman–Crippen LogP) is -0.476. The van der Waals surface area contributed by atoms with Gasteiger partial charge in [-0.15, -0.1) is 0 Å². The second-order valence-electron chi connectivity index (χ2n) is 5.76. The zero-order chi connectivity index (χ0) is 14.5. The molecule has 0 bridgehead atoms. The minimum absolute atomic E-state index is 0.0256. The van der Waals surface area contributed by atoms with Crippen LogP contribution in [0.25, 0.3) is 0 Å². The molecule has 0 aromatic rings. The van der Waals surface area contributed by atoms with Crippen molar-refractivity contribution >= 4 is 11.8 Å². The Morgan fingerprint density at radius 1 is 1.05 bits per heavy atom. The van der Waals surface area contributed by atoms with Gasteiger partial charge in [-0.05, 0) is 32.7 Å². The molecule has 6 nitrogen and oxygen atoms in total. The van der Waals surface area contributed by atoms with E-state index in [2.05, 4.69) is 4.90 Å². The molecule has 2 fully saturated rings. The molecule has 2 rings (SSSR count). The highest BCUT2D eigenvalue weighted by Gasteiger charge is 2.33. The molecule has 20 heavy (non-hydrogen) atoms. The summed E-state index contributed by atoms with van der Waals surface area (Å²) >= 11 is 0. The van der Waals surface area contributed by atoms with Crippen LogP contribution >= 0.6 is 0 Å². The van der Waals surface area contributed by atoms with Crippen molar-refractivity contribution in [3.05, 3.63) is 0 Å². The molecule has 6 heteroatoms. The maximum Gasteiger partial charge on any atom is 0.312 e. The first-order valence-corrected chi connectivity index (χ1v) is 7.52. The average Bonchev–Trinajstić information content (AvgIpc) is 2.47. The highest BCUT2D eigenvalue weighted by atomic mass is 16.3. The number of hydrogen-bond acceptors (Lipinski definition) is 4. The first kappa shape index (κ1) is 15.3. The summed E-state index contributed by atoms with van der Waals surface area (Å²) in [5.74, 6) is -0.754. The molecular formula is C14H25N3O3. The first-order valence-electron chi connectivity index (χ1n) is 7.52. The van der Waals surface area contributed by atoms with Gasteiger partial charge in [-0.1, -0.05) is 0 Å². The number of carbonyl (C=O) groups excluding carboxylic acids is 2. The third-order valence-corrected chi connectivity index (χ3v) is 4.32. The fourth-order valence-corrected chi connectivity index (χ4v) is 2.98. The van der Waals surface area contributed by atoms with E-state index in [1.807, 2.05) is 7.05 Å². The lowest BCUT2D eigenvalue weighted by Gasteiger charge is -2.37. The molecule has 2 amide bonds. The van der Waals surface area contributed by atoms with E-state index >= 15 is 0 Å². The van der Waals surface area contributed by atoms with E-state index in [1.165, 1.54) is 0 Å². The Morgan fingerprint density at radius 2 is 1.75 bits per heavy atom. The van der Waals surface area contributed by atoms with Crippen molar-refractivity contribution in [2.24, 2.45) is 0 Å². The lowest BCUT2D eigenvalue weighted by atomic mass is 9.99. The van der Waals surface area contributed by atoms with Gasteiger partial charge in [0.25, 0.3) is 0 Å². The van der Waals surface area contributed by atoms with Crippen molar-refractivity contribution in [3.63, 3.8) is 0 Å². The SMILES string of the molecule is CN1CCN(C(=O)C(=O)N2CCCCC2CCO)CC1.